The maximum atomic E-state index is 2.43. The molecule has 0 radical (unpaired) electrons. The first kappa shape index (κ1) is 28.6. The maximum Gasteiger partial charge on any atom is 0.0713 e. The molecule has 1 aromatic heterocycles. The van der Waals surface area contributed by atoms with E-state index in [9.17, 15) is 0 Å². The monoisotopic (exact) mass is 635 g/mol. The minimum Gasteiger partial charge on any atom is -0.309 e. The molecule has 1 aliphatic rings. The molecule has 8 aromatic carbocycles. The lowest BCUT2D eigenvalue weighted by Gasteiger charge is -2.34. The first-order valence-corrected chi connectivity index (χ1v) is 17.4. The molecule has 0 bridgehead atoms. The van der Waals surface area contributed by atoms with Crippen molar-refractivity contribution in [2.24, 2.45) is 0 Å². The van der Waals surface area contributed by atoms with Crippen LogP contribution in [0.5, 0.6) is 0 Å². The molecule has 0 N–H and O–H groups in total. The molecule has 1 aliphatic carbocycles. The number of hydrogen-bond donors (Lipinski definition) is 0. The van der Waals surface area contributed by atoms with Crippen LogP contribution in [0.1, 0.15) is 22.3 Å². The average Bonchev–Trinajstić information content (AvgIpc) is 3.69. The summed E-state index contributed by atoms with van der Waals surface area (Å²) < 4.78 is 2.43. The molecule has 0 saturated heterocycles. The molecule has 0 atom stereocenters. The molecule has 1 heterocycles. The van der Waals surface area contributed by atoms with E-state index in [1.54, 1.807) is 0 Å². The lowest BCUT2D eigenvalue weighted by molar-refractivity contribution is 0.768. The number of nitrogens with zero attached hydrogens (tertiary/aromatic N) is 1. The van der Waals surface area contributed by atoms with Gasteiger partial charge in [0.15, 0.2) is 0 Å². The van der Waals surface area contributed by atoms with Crippen molar-refractivity contribution >= 4 is 21.8 Å². The number of benzene rings is 8. The Labute approximate surface area is 292 Å². The van der Waals surface area contributed by atoms with Gasteiger partial charge in [0, 0.05) is 16.5 Å². The molecule has 50 heavy (non-hydrogen) atoms. The first-order chi connectivity index (χ1) is 24.8. The van der Waals surface area contributed by atoms with E-state index in [4.69, 9.17) is 0 Å². The fourth-order valence-electron chi connectivity index (χ4n) is 8.49. The number of fused-ring (bicyclic) bond motifs is 6. The zero-order valence-electron chi connectivity index (χ0n) is 27.5. The molecule has 10 rings (SSSR count). The molecule has 9 aromatic rings. The largest absolute Gasteiger partial charge is 0.309 e. The lowest BCUT2D eigenvalue weighted by Crippen LogP contribution is -2.28. The van der Waals surface area contributed by atoms with Crippen LogP contribution >= 0.6 is 0 Å². The predicted octanol–water partition coefficient (Wildman–Crippen LogP) is 12.5. The van der Waals surface area contributed by atoms with Crippen LogP contribution in [0.2, 0.25) is 0 Å². The molecule has 0 fully saturated rings. The van der Waals surface area contributed by atoms with Crippen LogP contribution in [-0.2, 0) is 5.41 Å². The van der Waals surface area contributed by atoms with Crippen molar-refractivity contribution in [1.29, 1.82) is 0 Å². The summed E-state index contributed by atoms with van der Waals surface area (Å²) in [5.74, 6) is 0. The highest BCUT2D eigenvalue weighted by atomic mass is 15.0. The van der Waals surface area contributed by atoms with Crippen LogP contribution in [0.15, 0.2) is 200 Å². The second-order valence-corrected chi connectivity index (χ2v) is 13.3. The minimum absolute atomic E-state index is 0.414. The lowest BCUT2D eigenvalue weighted by atomic mass is 9.68. The minimum atomic E-state index is -0.414. The third-order valence-electron chi connectivity index (χ3n) is 10.7. The average molecular weight is 636 g/mol. The number of hydrogen-bond acceptors (Lipinski definition) is 0. The quantitative estimate of drug-likeness (QED) is 0.177. The van der Waals surface area contributed by atoms with Gasteiger partial charge in [-0.25, -0.2) is 0 Å². The third kappa shape index (κ3) is 4.20. The molecule has 0 aliphatic heterocycles. The van der Waals surface area contributed by atoms with Gasteiger partial charge in [0.2, 0.25) is 0 Å². The van der Waals surface area contributed by atoms with Crippen molar-refractivity contribution in [3.63, 3.8) is 0 Å². The number of rotatable bonds is 5. The molecule has 234 valence electrons. The van der Waals surface area contributed by atoms with E-state index in [-0.39, 0.29) is 0 Å². The highest BCUT2D eigenvalue weighted by molar-refractivity contribution is 6.11. The molecular weight excluding hydrogens is 603 g/mol. The molecule has 1 nitrogen and oxygen atoms in total. The molecule has 0 saturated carbocycles. The van der Waals surface area contributed by atoms with E-state index in [0.717, 1.165) is 5.69 Å². The first-order valence-electron chi connectivity index (χ1n) is 17.4. The van der Waals surface area contributed by atoms with Gasteiger partial charge in [-0.15, -0.1) is 0 Å². The summed E-state index contributed by atoms with van der Waals surface area (Å²) in [4.78, 5) is 0. The van der Waals surface area contributed by atoms with E-state index in [2.05, 4.69) is 205 Å². The van der Waals surface area contributed by atoms with Crippen LogP contribution in [0, 0.1) is 0 Å². The van der Waals surface area contributed by atoms with E-state index in [1.165, 1.54) is 77.4 Å². The summed E-state index contributed by atoms with van der Waals surface area (Å²) in [5.41, 5.74) is 15.9. The van der Waals surface area contributed by atoms with Crippen molar-refractivity contribution in [2.45, 2.75) is 5.41 Å². The zero-order chi connectivity index (χ0) is 33.1. The van der Waals surface area contributed by atoms with E-state index < -0.39 is 5.41 Å². The van der Waals surface area contributed by atoms with Gasteiger partial charge in [-0.2, -0.15) is 0 Å². The van der Waals surface area contributed by atoms with Crippen molar-refractivity contribution in [3.05, 3.63) is 222 Å². The predicted molar refractivity (Wildman–Crippen MR) is 209 cm³/mol. The summed E-state index contributed by atoms with van der Waals surface area (Å²) in [5, 5.41) is 2.50. The van der Waals surface area contributed by atoms with Gasteiger partial charge in [0.25, 0.3) is 0 Å². The second kappa shape index (κ2) is 11.3. The Bertz CT molecular complexity index is 2520. The summed E-state index contributed by atoms with van der Waals surface area (Å²) in [6, 6.07) is 73.5. The smallest absolute Gasteiger partial charge is 0.0713 e. The Morgan fingerprint density at radius 2 is 0.740 bits per heavy atom. The van der Waals surface area contributed by atoms with Gasteiger partial charge >= 0.3 is 0 Å². The van der Waals surface area contributed by atoms with Gasteiger partial charge in [-0.05, 0) is 92.0 Å². The summed E-state index contributed by atoms with van der Waals surface area (Å²) >= 11 is 0. The SMILES string of the molecule is c1ccc(-c2ccc3c(c2)c2cc(-c4ccccc4)ccc2n3-c2ccc(C3(c4ccccc4)c4ccccc4-c4ccccc43)cc2)cc1. The molecule has 0 unspecified atom stereocenters. The van der Waals surface area contributed by atoms with Crippen molar-refractivity contribution in [1.82, 2.24) is 4.57 Å². The van der Waals surface area contributed by atoms with Crippen LogP contribution in [0.3, 0.4) is 0 Å². The molecular formula is C49H33N. The third-order valence-corrected chi connectivity index (χ3v) is 10.7. The van der Waals surface area contributed by atoms with Gasteiger partial charge in [0.05, 0.1) is 16.4 Å². The van der Waals surface area contributed by atoms with Crippen molar-refractivity contribution in [2.75, 3.05) is 0 Å². The topological polar surface area (TPSA) is 4.93 Å². The van der Waals surface area contributed by atoms with E-state index in [0.29, 0.717) is 0 Å². The highest BCUT2D eigenvalue weighted by Gasteiger charge is 2.45. The second-order valence-electron chi connectivity index (χ2n) is 13.3. The van der Waals surface area contributed by atoms with Gasteiger partial charge in [-0.1, -0.05) is 164 Å². The maximum absolute atomic E-state index is 2.43. The molecule has 1 heteroatoms. The number of aromatic nitrogens is 1. The zero-order valence-corrected chi connectivity index (χ0v) is 27.5. The highest BCUT2D eigenvalue weighted by Crippen LogP contribution is 2.56. The fourth-order valence-corrected chi connectivity index (χ4v) is 8.49. The van der Waals surface area contributed by atoms with Crippen LogP contribution in [-0.4, -0.2) is 4.57 Å². The Hall–Kier alpha value is -6.44. The Morgan fingerprint density at radius 1 is 0.320 bits per heavy atom. The van der Waals surface area contributed by atoms with Gasteiger partial charge in [-0.3, -0.25) is 0 Å². The standard InChI is InChI=1S/C49H33N/c1-4-14-34(15-5-1)36-24-30-47-43(32-36)44-33-37(35-16-6-2-7-17-35)25-31-48(44)50(47)40-28-26-39(27-29-40)49(38-18-8-3-9-19-38)45-22-12-10-20-41(45)42-21-11-13-23-46(42)49/h1-33H. The van der Waals surface area contributed by atoms with Crippen LogP contribution in [0.4, 0.5) is 0 Å². The van der Waals surface area contributed by atoms with Crippen LogP contribution in [0.25, 0.3) is 60.9 Å². The fraction of sp³-hybridized carbons (Fsp3) is 0.0204. The van der Waals surface area contributed by atoms with Gasteiger partial charge in [0.1, 0.15) is 0 Å². The normalized spacial score (nSPS) is 13.0. The Morgan fingerprint density at radius 3 is 1.24 bits per heavy atom. The van der Waals surface area contributed by atoms with Gasteiger partial charge < -0.3 is 4.57 Å². The molecule has 0 amide bonds. The van der Waals surface area contributed by atoms with Crippen LogP contribution < -0.4 is 0 Å². The Balaban J connectivity index is 1.19. The van der Waals surface area contributed by atoms with Crippen molar-refractivity contribution in [3.8, 4) is 39.1 Å². The Kier molecular flexibility index (Phi) is 6.47. The summed E-state index contributed by atoms with van der Waals surface area (Å²) in [6.07, 6.45) is 0. The summed E-state index contributed by atoms with van der Waals surface area (Å²) in [7, 11) is 0. The van der Waals surface area contributed by atoms with E-state index in [1.807, 2.05) is 0 Å². The molecule has 0 spiro atoms. The van der Waals surface area contributed by atoms with E-state index >= 15 is 0 Å². The summed E-state index contributed by atoms with van der Waals surface area (Å²) in [6.45, 7) is 0. The van der Waals surface area contributed by atoms with Crippen molar-refractivity contribution < 1.29 is 0 Å².